The highest BCUT2D eigenvalue weighted by Crippen LogP contribution is 2.58. The number of hydrogen-bond acceptors (Lipinski definition) is 2. The average Bonchev–Trinajstić information content (AvgIpc) is 3.83. The first kappa shape index (κ1) is 33.3. The maximum atomic E-state index is 2.45. The van der Waals surface area contributed by atoms with Crippen LogP contribution in [0.3, 0.4) is 0 Å². The van der Waals surface area contributed by atoms with Crippen LogP contribution in [0.1, 0.15) is 22.3 Å². The Morgan fingerprint density at radius 3 is 1.58 bits per heavy atom. The van der Waals surface area contributed by atoms with Gasteiger partial charge >= 0.3 is 0 Å². The first-order chi connectivity index (χ1) is 28.3. The van der Waals surface area contributed by atoms with Crippen LogP contribution in [0.5, 0.6) is 0 Å². The number of thiophene rings is 1. The van der Waals surface area contributed by atoms with Gasteiger partial charge in [0.2, 0.25) is 0 Å². The quantitative estimate of drug-likeness (QED) is 0.157. The lowest BCUT2D eigenvalue weighted by Crippen LogP contribution is -2.28. The zero-order valence-electron chi connectivity index (χ0n) is 31.2. The summed E-state index contributed by atoms with van der Waals surface area (Å²) in [4.78, 5) is 2.45. The highest BCUT2D eigenvalue weighted by molar-refractivity contribution is 7.26. The summed E-state index contributed by atoms with van der Waals surface area (Å²) in [6.45, 7) is 0. The summed E-state index contributed by atoms with van der Waals surface area (Å²) >= 11 is 1.89. The maximum absolute atomic E-state index is 2.45. The third-order valence-electron chi connectivity index (χ3n) is 11.7. The number of rotatable bonds is 7. The van der Waals surface area contributed by atoms with Crippen LogP contribution in [-0.4, -0.2) is 0 Å². The molecule has 0 aliphatic heterocycles. The second-order valence-corrected chi connectivity index (χ2v) is 15.9. The van der Waals surface area contributed by atoms with Gasteiger partial charge in [0, 0.05) is 26.8 Å². The molecule has 0 radical (unpaired) electrons. The Kier molecular flexibility index (Phi) is 7.98. The van der Waals surface area contributed by atoms with Crippen LogP contribution in [0.2, 0.25) is 0 Å². The summed E-state index contributed by atoms with van der Waals surface area (Å²) < 4.78 is 2.55. The largest absolute Gasteiger partial charge is 0.309 e. The number of hydrogen-bond donors (Lipinski definition) is 0. The number of benzene rings is 9. The molecule has 0 saturated heterocycles. The van der Waals surface area contributed by atoms with Crippen molar-refractivity contribution >= 4 is 48.6 Å². The molecule has 0 spiro atoms. The number of anilines is 3. The zero-order valence-corrected chi connectivity index (χ0v) is 32.0. The van der Waals surface area contributed by atoms with Crippen LogP contribution in [0, 0.1) is 0 Å². The minimum atomic E-state index is -0.491. The van der Waals surface area contributed by atoms with E-state index in [9.17, 15) is 0 Å². The van der Waals surface area contributed by atoms with E-state index in [0.29, 0.717) is 0 Å². The van der Waals surface area contributed by atoms with E-state index in [1.165, 1.54) is 81.5 Å². The van der Waals surface area contributed by atoms with Crippen LogP contribution in [-0.2, 0) is 5.41 Å². The molecule has 1 heterocycles. The van der Waals surface area contributed by atoms with E-state index in [4.69, 9.17) is 0 Å². The molecule has 1 nitrogen and oxygen atoms in total. The van der Waals surface area contributed by atoms with Crippen LogP contribution >= 0.6 is 11.3 Å². The summed E-state index contributed by atoms with van der Waals surface area (Å²) in [5, 5.41) is 2.58. The monoisotopic (exact) mass is 743 g/mol. The van der Waals surface area contributed by atoms with E-state index in [-0.39, 0.29) is 0 Å². The summed E-state index contributed by atoms with van der Waals surface area (Å²) in [7, 11) is 0. The molecular formula is C55H37NS. The lowest BCUT2D eigenvalue weighted by atomic mass is 9.66. The fraction of sp³-hybridized carbons (Fsp3) is 0.0182. The first-order valence-electron chi connectivity index (χ1n) is 19.6. The third-order valence-corrected chi connectivity index (χ3v) is 12.9. The van der Waals surface area contributed by atoms with Crippen molar-refractivity contribution in [2.75, 3.05) is 4.90 Å². The van der Waals surface area contributed by atoms with Gasteiger partial charge in [0.05, 0.1) is 15.8 Å². The summed E-state index contributed by atoms with van der Waals surface area (Å²) in [5.74, 6) is 0. The topological polar surface area (TPSA) is 3.24 Å². The van der Waals surface area contributed by atoms with Gasteiger partial charge in [0.15, 0.2) is 0 Å². The molecule has 57 heavy (non-hydrogen) atoms. The highest BCUT2D eigenvalue weighted by atomic mass is 32.1. The highest BCUT2D eigenvalue weighted by Gasteiger charge is 2.47. The minimum Gasteiger partial charge on any atom is -0.309 e. The van der Waals surface area contributed by atoms with Crippen molar-refractivity contribution in [3.05, 3.63) is 247 Å². The fourth-order valence-electron chi connectivity index (χ4n) is 9.32. The van der Waals surface area contributed by atoms with Crippen LogP contribution in [0.15, 0.2) is 224 Å². The Morgan fingerprint density at radius 1 is 0.368 bits per heavy atom. The fourth-order valence-corrected chi connectivity index (χ4v) is 10.5. The smallest absolute Gasteiger partial charge is 0.0720 e. The van der Waals surface area contributed by atoms with Crippen molar-refractivity contribution in [3.63, 3.8) is 0 Å². The lowest BCUT2D eigenvalue weighted by Gasteiger charge is -2.34. The van der Waals surface area contributed by atoms with Gasteiger partial charge in [-0.25, -0.2) is 0 Å². The Balaban J connectivity index is 1.17. The second-order valence-electron chi connectivity index (χ2n) is 14.8. The van der Waals surface area contributed by atoms with Crippen molar-refractivity contribution in [1.82, 2.24) is 0 Å². The van der Waals surface area contributed by atoms with E-state index in [2.05, 4.69) is 229 Å². The maximum Gasteiger partial charge on any atom is 0.0720 e. The summed E-state index contributed by atoms with van der Waals surface area (Å²) in [5.41, 5.74) is 15.6. The molecule has 1 aliphatic rings. The van der Waals surface area contributed by atoms with Crippen molar-refractivity contribution in [1.29, 1.82) is 0 Å². The van der Waals surface area contributed by atoms with Crippen molar-refractivity contribution < 1.29 is 0 Å². The molecule has 1 aromatic heterocycles. The van der Waals surface area contributed by atoms with Gasteiger partial charge in [-0.3, -0.25) is 0 Å². The number of fused-ring (bicyclic) bond motifs is 6. The Bertz CT molecular complexity index is 3010. The second kappa shape index (κ2) is 13.6. The van der Waals surface area contributed by atoms with Gasteiger partial charge in [-0.2, -0.15) is 0 Å². The van der Waals surface area contributed by atoms with Gasteiger partial charge in [0.25, 0.3) is 0 Å². The summed E-state index contributed by atoms with van der Waals surface area (Å²) in [6, 6.07) is 82.4. The predicted molar refractivity (Wildman–Crippen MR) is 242 cm³/mol. The Labute approximate surface area is 337 Å². The molecule has 0 N–H and O–H groups in total. The lowest BCUT2D eigenvalue weighted by molar-refractivity contribution is 0.777. The van der Waals surface area contributed by atoms with E-state index < -0.39 is 5.41 Å². The van der Waals surface area contributed by atoms with Gasteiger partial charge < -0.3 is 4.90 Å². The molecule has 0 amide bonds. The molecular weight excluding hydrogens is 707 g/mol. The van der Waals surface area contributed by atoms with Crippen LogP contribution in [0.25, 0.3) is 53.6 Å². The predicted octanol–water partition coefficient (Wildman–Crippen LogP) is 15.2. The van der Waals surface area contributed by atoms with Gasteiger partial charge in [-0.15, -0.1) is 11.3 Å². The average molecular weight is 744 g/mol. The molecule has 0 atom stereocenters. The molecule has 0 unspecified atom stereocenters. The van der Waals surface area contributed by atoms with E-state index >= 15 is 0 Å². The molecule has 11 rings (SSSR count). The van der Waals surface area contributed by atoms with E-state index in [1.54, 1.807) is 0 Å². The molecule has 268 valence electrons. The van der Waals surface area contributed by atoms with E-state index in [0.717, 1.165) is 11.4 Å². The standard InChI is InChI=1S/C55H37NS/c1-4-17-38(18-5-1)40-33-35-43(36-34-40)56(44-24-14-21-41(37-44)39-19-6-2-7-20-39)51-31-15-27-47-53-50(30-16-32-52(53)57-54(47)51)55(42-22-8-3-9-23-42)48-28-12-10-25-45(48)46-26-11-13-29-49(46)55/h1-37H. The Hall–Kier alpha value is -7.00. The van der Waals surface area contributed by atoms with E-state index in [1.807, 2.05) is 11.3 Å². The first-order valence-corrected chi connectivity index (χ1v) is 20.4. The van der Waals surface area contributed by atoms with Gasteiger partial charge in [-0.05, 0) is 92.0 Å². The molecule has 9 aromatic carbocycles. The van der Waals surface area contributed by atoms with Gasteiger partial charge in [-0.1, -0.05) is 188 Å². The van der Waals surface area contributed by atoms with Crippen molar-refractivity contribution in [2.45, 2.75) is 5.41 Å². The van der Waals surface area contributed by atoms with Crippen molar-refractivity contribution in [3.8, 4) is 33.4 Å². The van der Waals surface area contributed by atoms with Crippen LogP contribution < -0.4 is 4.90 Å². The third kappa shape index (κ3) is 5.29. The molecule has 1 aliphatic carbocycles. The SMILES string of the molecule is c1ccc(-c2ccc(N(c3cccc(-c4ccccc4)c3)c3cccc4c3sc3cccc(C5(c6ccccc6)c6ccccc6-c6ccccc65)c34)cc2)cc1. The minimum absolute atomic E-state index is 0.491. The summed E-state index contributed by atoms with van der Waals surface area (Å²) in [6.07, 6.45) is 0. The number of nitrogens with zero attached hydrogens (tertiary/aromatic N) is 1. The van der Waals surface area contributed by atoms with Crippen LogP contribution in [0.4, 0.5) is 17.1 Å². The molecule has 10 aromatic rings. The Morgan fingerprint density at radius 2 is 0.895 bits per heavy atom. The molecule has 0 saturated carbocycles. The molecule has 0 bridgehead atoms. The van der Waals surface area contributed by atoms with Gasteiger partial charge in [0.1, 0.15) is 0 Å². The normalized spacial score (nSPS) is 12.7. The molecule has 2 heteroatoms. The zero-order chi connectivity index (χ0) is 37.8. The van der Waals surface area contributed by atoms with Crippen molar-refractivity contribution in [2.24, 2.45) is 0 Å². The molecule has 0 fully saturated rings.